The Morgan fingerprint density at radius 1 is 1.00 bits per heavy atom. The summed E-state index contributed by atoms with van der Waals surface area (Å²) < 4.78 is 22.0. The van der Waals surface area contributed by atoms with Crippen molar-refractivity contribution in [3.8, 4) is 17.2 Å². The lowest BCUT2D eigenvalue weighted by Crippen LogP contribution is -2.60. The summed E-state index contributed by atoms with van der Waals surface area (Å²) in [7, 11) is 4.87. The smallest absolute Gasteiger partial charge is 0.203 e. The molecule has 8 heteroatoms. The highest BCUT2D eigenvalue weighted by atomic mass is 16.5. The van der Waals surface area contributed by atoms with Crippen molar-refractivity contribution in [1.82, 2.24) is 15.5 Å². The van der Waals surface area contributed by atoms with Crippen LogP contribution in [0.1, 0.15) is 44.6 Å². The van der Waals surface area contributed by atoms with E-state index in [1.807, 2.05) is 12.1 Å². The van der Waals surface area contributed by atoms with Gasteiger partial charge in [-0.3, -0.25) is 4.90 Å². The maximum Gasteiger partial charge on any atom is 0.203 e. The highest BCUT2D eigenvalue weighted by Crippen LogP contribution is 2.38. The fourth-order valence-corrected chi connectivity index (χ4v) is 4.84. The Morgan fingerprint density at radius 3 is 2.22 bits per heavy atom. The van der Waals surface area contributed by atoms with E-state index < -0.39 is 0 Å². The second-order valence-corrected chi connectivity index (χ2v) is 8.47. The van der Waals surface area contributed by atoms with Crippen LogP contribution in [0.5, 0.6) is 17.2 Å². The zero-order chi connectivity index (χ0) is 22.8. The Kier molecular flexibility index (Phi) is 9.29. The molecule has 1 saturated carbocycles. The van der Waals surface area contributed by atoms with Gasteiger partial charge in [-0.2, -0.15) is 0 Å². The molecule has 0 bridgehead atoms. The molecule has 1 aliphatic heterocycles. The van der Waals surface area contributed by atoms with Crippen molar-refractivity contribution in [1.29, 1.82) is 0 Å². The van der Waals surface area contributed by atoms with E-state index in [2.05, 4.69) is 22.5 Å². The monoisotopic (exact) mass is 448 g/mol. The van der Waals surface area contributed by atoms with Gasteiger partial charge in [0.15, 0.2) is 17.5 Å². The van der Waals surface area contributed by atoms with Crippen molar-refractivity contribution in [3.63, 3.8) is 0 Å². The topological polar surface area (TPSA) is 76.6 Å². The molecule has 180 valence electrons. The molecule has 1 aromatic rings. The van der Waals surface area contributed by atoms with Crippen molar-refractivity contribution >= 4 is 5.96 Å². The Morgan fingerprint density at radius 2 is 1.66 bits per heavy atom. The summed E-state index contributed by atoms with van der Waals surface area (Å²) in [6.07, 6.45) is 6.37. The van der Waals surface area contributed by atoms with Crippen LogP contribution < -0.4 is 24.8 Å². The quantitative estimate of drug-likeness (QED) is 0.444. The van der Waals surface area contributed by atoms with Crippen molar-refractivity contribution in [3.05, 3.63) is 17.7 Å². The molecule has 1 aromatic carbocycles. The lowest BCUT2D eigenvalue weighted by Gasteiger charge is -2.48. The molecule has 0 unspecified atom stereocenters. The summed E-state index contributed by atoms with van der Waals surface area (Å²) in [6.45, 7) is 8.00. The van der Waals surface area contributed by atoms with Gasteiger partial charge in [-0.05, 0) is 37.5 Å². The second kappa shape index (κ2) is 12.2. The first kappa shape index (κ1) is 24.5. The lowest BCUT2D eigenvalue weighted by atomic mass is 9.80. The normalized spacial score (nSPS) is 19.3. The van der Waals surface area contributed by atoms with Crippen LogP contribution in [0.4, 0.5) is 0 Å². The van der Waals surface area contributed by atoms with Gasteiger partial charge in [0, 0.05) is 31.7 Å². The van der Waals surface area contributed by atoms with Crippen molar-refractivity contribution in [2.75, 3.05) is 60.7 Å². The van der Waals surface area contributed by atoms with Gasteiger partial charge in [0.1, 0.15) is 0 Å². The van der Waals surface area contributed by atoms with Crippen LogP contribution >= 0.6 is 0 Å². The fraction of sp³-hybridized carbons (Fsp3) is 0.708. The maximum absolute atomic E-state index is 5.61. The number of morpholine rings is 1. The SMILES string of the molecule is CCNC(=NCc1cc(OC)c(OC)c(OC)c1)NCC1(N2CCOCC2)CCCCC1. The minimum Gasteiger partial charge on any atom is -0.493 e. The largest absolute Gasteiger partial charge is 0.493 e. The highest BCUT2D eigenvalue weighted by Gasteiger charge is 2.38. The van der Waals surface area contributed by atoms with E-state index in [1.165, 1.54) is 32.1 Å². The molecule has 0 amide bonds. The van der Waals surface area contributed by atoms with Gasteiger partial charge in [0.25, 0.3) is 0 Å². The Hall–Kier alpha value is -2.19. The predicted molar refractivity (Wildman–Crippen MR) is 127 cm³/mol. The van der Waals surface area contributed by atoms with Crippen LogP contribution in [0, 0.1) is 0 Å². The molecule has 0 atom stereocenters. The van der Waals surface area contributed by atoms with E-state index in [9.17, 15) is 0 Å². The fourth-order valence-electron chi connectivity index (χ4n) is 4.84. The van der Waals surface area contributed by atoms with Crippen LogP contribution in [-0.4, -0.2) is 77.1 Å². The van der Waals surface area contributed by atoms with E-state index in [-0.39, 0.29) is 5.54 Å². The molecule has 8 nitrogen and oxygen atoms in total. The van der Waals surface area contributed by atoms with Crippen LogP contribution in [0.3, 0.4) is 0 Å². The minimum absolute atomic E-state index is 0.185. The third-order valence-electron chi connectivity index (χ3n) is 6.54. The number of rotatable bonds is 9. The van der Waals surface area contributed by atoms with Crippen LogP contribution in [0.15, 0.2) is 17.1 Å². The number of aliphatic imine (C=N–C) groups is 1. The molecule has 1 heterocycles. The lowest BCUT2D eigenvalue weighted by molar-refractivity contribution is -0.0352. The molecular weight excluding hydrogens is 408 g/mol. The summed E-state index contributed by atoms with van der Waals surface area (Å²) in [5.74, 6) is 2.71. The minimum atomic E-state index is 0.185. The van der Waals surface area contributed by atoms with Crippen molar-refractivity contribution in [2.45, 2.75) is 51.1 Å². The number of benzene rings is 1. The summed E-state index contributed by atoms with van der Waals surface area (Å²) in [5, 5.41) is 7.05. The number of guanidine groups is 1. The standard InChI is InChI=1S/C24H40N4O4/c1-5-25-23(26-17-19-15-20(29-2)22(31-4)21(16-19)30-3)27-18-24(9-7-6-8-10-24)28-11-13-32-14-12-28/h15-16H,5-14,17-18H2,1-4H3,(H2,25,26,27). The first-order valence-corrected chi connectivity index (χ1v) is 11.8. The number of nitrogens with zero attached hydrogens (tertiary/aromatic N) is 2. The average Bonchev–Trinajstić information content (AvgIpc) is 2.86. The molecule has 2 aliphatic rings. The van der Waals surface area contributed by atoms with Crippen molar-refractivity contribution < 1.29 is 18.9 Å². The Bertz CT molecular complexity index is 719. The number of nitrogens with one attached hydrogen (secondary N) is 2. The molecular formula is C24H40N4O4. The zero-order valence-corrected chi connectivity index (χ0v) is 20.2. The molecule has 1 aliphatic carbocycles. The molecule has 0 spiro atoms. The summed E-state index contributed by atoms with van der Waals surface area (Å²) >= 11 is 0. The third-order valence-corrected chi connectivity index (χ3v) is 6.54. The third kappa shape index (κ3) is 5.98. The van der Waals surface area contributed by atoms with Crippen molar-refractivity contribution in [2.24, 2.45) is 4.99 Å². The first-order valence-electron chi connectivity index (χ1n) is 11.8. The van der Waals surface area contributed by atoms with Crippen LogP contribution in [0.2, 0.25) is 0 Å². The van der Waals surface area contributed by atoms with Gasteiger partial charge >= 0.3 is 0 Å². The highest BCUT2D eigenvalue weighted by molar-refractivity contribution is 5.79. The molecule has 0 radical (unpaired) electrons. The van der Waals surface area contributed by atoms with Gasteiger partial charge in [0.05, 0.1) is 41.1 Å². The van der Waals surface area contributed by atoms with Gasteiger partial charge in [0.2, 0.25) is 5.75 Å². The van der Waals surface area contributed by atoms with Gasteiger partial charge in [-0.15, -0.1) is 0 Å². The average molecular weight is 449 g/mol. The van der Waals surface area contributed by atoms with E-state index >= 15 is 0 Å². The molecule has 1 saturated heterocycles. The van der Waals surface area contributed by atoms with Gasteiger partial charge in [-0.25, -0.2) is 4.99 Å². The number of hydrogen-bond donors (Lipinski definition) is 2. The Labute approximate surface area is 192 Å². The summed E-state index contributed by atoms with van der Waals surface area (Å²) in [4.78, 5) is 7.49. The van der Waals surface area contributed by atoms with Crippen LogP contribution in [0.25, 0.3) is 0 Å². The molecule has 32 heavy (non-hydrogen) atoms. The van der Waals surface area contributed by atoms with Gasteiger partial charge < -0.3 is 29.6 Å². The van der Waals surface area contributed by atoms with E-state index in [0.29, 0.717) is 23.8 Å². The van der Waals surface area contributed by atoms with Gasteiger partial charge in [-0.1, -0.05) is 19.3 Å². The number of ether oxygens (including phenoxy) is 4. The summed E-state index contributed by atoms with van der Waals surface area (Å²) in [5.41, 5.74) is 1.18. The maximum atomic E-state index is 5.61. The Balaban J connectivity index is 1.73. The summed E-state index contributed by atoms with van der Waals surface area (Å²) in [6, 6.07) is 3.90. The predicted octanol–water partition coefficient (Wildman–Crippen LogP) is 2.80. The molecule has 0 aromatic heterocycles. The molecule has 2 N–H and O–H groups in total. The first-order chi connectivity index (χ1) is 15.7. The zero-order valence-electron chi connectivity index (χ0n) is 20.2. The van der Waals surface area contributed by atoms with Crippen LogP contribution in [-0.2, 0) is 11.3 Å². The molecule has 3 rings (SSSR count). The second-order valence-electron chi connectivity index (χ2n) is 8.47. The number of methoxy groups -OCH3 is 3. The molecule has 2 fully saturated rings. The van der Waals surface area contributed by atoms with E-state index in [1.54, 1.807) is 21.3 Å². The van der Waals surface area contributed by atoms with E-state index in [0.717, 1.165) is 50.9 Å². The number of hydrogen-bond acceptors (Lipinski definition) is 6. The van der Waals surface area contributed by atoms with E-state index in [4.69, 9.17) is 23.9 Å².